The van der Waals surface area contributed by atoms with Crippen LogP contribution in [0.3, 0.4) is 0 Å². The second-order valence-electron chi connectivity index (χ2n) is 6.22. The zero-order chi connectivity index (χ0) is 13.6. The Morgan fingerprint density at radius 3 is 2.68 bits per heavy atom. The number of hydrogen-bond acceptors (Lipinski definition) is 2. The third-order valence-electron chi connectivity index (χ3n) is 3.75. The summed E-state index contributed by atoms with van der Waals surface area (Å²) in [5, 5.41) is 0. The van der Waals surface area contributed by atoms with Crippen molar-refractivity contribution in [2.24, 2.45) is 0 Å². The number of aromatic nitrogens is 2. The number of rotatable bonds is 1. The van der Waals surface area contributed by atoms with Crippen LogP contribution < -0.4 is 0 Å². The lowest BCUT2D eigenvalue weighted by Crippen LogP contribution is -2.23. The summed E-state index contributed by atoms with van der Waals surface area (Å²) < 4.78 is 0.683. The molecule has 0 radical (unpaired) electrons. The molecule has 2 nitrogen and oxygen atoms in total. The lowest BCUT2D eigenvalue weighted by molar-refractivity contribution is 0.551. The van der Waals surface area contributed by atoms with Gasteiger partial charge in [0.2, 0.25) is 0 Å². The van der Waals surface area contributed by atoms with Crippen molar-refractivity contribution < 1.29 is 0 Å². The van der Waals surface area contributed by atoms with Crippen molar-refractivity contribution in [3.05, 3.63) is 57.6 Å². The standard InChI is InChI=1S/C16H18N2S/c1-16(2,3)13-9-14(19)18-15(17-13)12-8-10-6-4-5-7-11(10)12/h4-7,9,12H,8H2,1-3H3,(H,17,18,19). The van der Waals surface area contributed by atoms with Gasteiger partial charge < -0.3 is 4.98 Å². The minimum atomic E-state index is 0.0640. The van der Waals surface area contributed by atoms with Crippen LogP contribution in [0.25, 0.3) is 0 Å². The maximum absolute atomic E-state index is 5.31. The van der Waals surface area contributed by atoms with Crippen molar-refractivity contribution in [2.45, 2.75) is 38.5 Å². The van der Waals surface area contributed by atoms with E-state index < -0.39 is 0 Å². The molecule has 1 N–H and O–H groups in total. The van der Waals surface area contributed by atoms with Crippen molar-refractivity contribution in [1.29, 1.82) is 0 Å². The van der Waals surface area contributed by atoms with Gasteiger partial charge >= 0.3 is 0 Å². The molecule has 1 aliphatic rings. The fraction of sp³-hybridized carbons (Fsp3) is 0.375. The monoisotopic (exact) mass is 270 g/mol. The zero-order valence-corrected chi connectivity index (χ0v) is 12.3. The molecule has 1 aromatic heterocycles. The number of nitrogens with one attached hydrogen (secondary N) is 1. The molecule has 0 bridgehead atoms. The predicted octanol–water partition coefficient (Wildman–Crippen LogP) is 4.12. The summed E-state index contributed by atoms with van der Waals surface area (Å²) in [5.74, 6) is 1.39. The van der Waals surface area contributed by atoms with Gasteiger partial charge in [-0.3, -0.25) is 0 Å². The van der Waals surface area contributed by atoms with Gasteiger partial charge in [-0.15, -0.1) is 0 Å². The van der Waals surface area contributed by atoms with Crippen LogP contribution in [-0.4, -0.2) is 9.97 Å². The van der Waals surface area contributed by atoms with Gasteiger partial charge in [0.05, 0.1) is 0 Å². The first-order valence-electron chi connectivity index (χ1n) is 6.65. The Morgan fingerprint density at radius 1 is 1.26 bits per heavy atom. The summed E-state index contributed by atoms with van der Waals surface area (Å²) in [7, 11) is 0. The summed E-state index contributed by atoms with van der Waals surface area (Å²) in [6.45, 7) is 6.56. The fourth-order valence-electron chi connectivity index (χ4n) is 2.55. The Bertz CT molecular complexity index is 680. The minimum absolute atomic E-state index is 0.0640. The quantitative estimate of drug-likeness (QED) is 0.789. The average Bonchev–Trinajstić information content (AvgIpc) is 2.29. The van der Waals surface area contributed by atoms with Gasteiger partial charge in [-0.2, -0.15) is 0 Å². The van der Waals surface area contributed by atoms with Gasteiger partial charge in [0.1, 0.15) is 10.5 Å². The number of benzene rings is 1. The lowest BCUT2D eigenvalue weighted by atomic mass is 9.77. The van der Waals surface area contributed by atoms with Crippen LogP contribution in [0, 0.1) is 4.64 Å². The van der Waals surface area contributed by atoms with E-state index in [2.05, 4.69) is 55.0 Å². The van der Waals surface area contributed by atoms with Crippen molar-refractivity contribution in [3.63, 3.8) is 0 Å². The molecule has 3 heteroatoms. The molecule has 1 aliphatic carbocycles. The predicted molar refractivity (Wildman–Crippen MR) is 80.1 cm³/mol. The molecule has 3 rings (SSSR count). The number of aromatic amines is 1. The molecule has 0 saturated heterocycles. The third-order valence-corrected chi connectivity index (χ3v) is 3.96. The Labute approximate surface area is 118 Å². The molecule has 1 heterocycles. The van der Waals surface area contributed by atoms with E-state index in [-0.39, 0.29) is 5.41 Å². The van der Waals surface area contributed by atoms with E-state index in [4.69, 9.17) is 12.2 Å². The average molecular weight is 270 g/mol. The van der Waals surface area contributed by atoms with Crippen molar-refractivity contribution >= 4 is 12.2 Å². The van der Waals surface area contributed by atoms with E-state index in [9.17, 15) is 0 Å². The molecule has 0 amide bonds. The Kier molecular flexibility index (Phi) is 2.82. The minimum Gasteiger partial charge on any atom is -0.346 e. The van der Waals surface area contributed by atoms with Gasteiger partial charge in [0, 0.05) is 17.0 Å². The Hall–Kier alpha value is -1.48. The van der Waals surface area contributed by atoms with Gasteiger partial charge in [0.25, 0.3) is 0 Å². The van der Waals surface area contributed by atoms with Crippen molar-refractivity contribution in [1.82, 2.24) is 9.97 Å². The molecule has 1 unspecified atom stereocenters. The molecule has 1 aromatic carbocycles. The largest absolute Gasteiger partial charge is 0.346 e. The summed E-state index contributed by atoms with van der Waals surface area (Å²) >= 11 is 5.31. The zero-order valence-electron chi connectivity index (χ0n) is 11.5. The van der Waals surface area contributed by atoms with Gasteiger partial charge in [0.15, 0.2) is 0 Å². The van der Waals surface area contributed by atoms with E-state index in [0.29, 0.717) is 10.6 Å². The van der Waals surface area contributed by atoms with Crippen molar-refractivity contribution in [2.75, 3.05) is 0 Å². The van der Waals surface area contributed by atoms with E-state index >= 15 is 0 Å². The third kappa shape index (κ3) is 2.23. The highest BCUT2D eigenvalue weighted by molar-refractivity contribution is 7.71. The number of H-pyrrole nitrogens is 1. The number of hydrogen-bond donors (Lipinski definition) is 1. The summed E-state index contributed by atoms with van der Waals surface area (Å²) in [6, 6.07) is 10.5. The summed E-state index contributed by atoms with van der Waals surface area (Å²) in [4.78, 5) is 8.02. The number of fused-ring (bicyclic) bond motifs is 1. The fourth-order valence-corrected chi connectivity index (χ4v) is 2.76. The van der Waals surface area contributed by atoms with Crippen LogP contribution in [0.15, 0.2) is 30.3 Å². The SMILES string of the molecule is CC(C)(C)c1cc(=S)nc(C2Cc3ccccc32)[nH]1. The Morgan fingerprint density at radius 2 is 2.00 bits per heavy atom. The molecule has 1 atom stereocenters. The molecule has 0 spiro atoms. The van der Waals surface area contributed by atoms with Crippen LogP contribution >= 0.6 is 12.2 Å². The van der Waals surface area contributed by atoms with Gasteiger partial charge in [-0.1, -0.05) is 57.3 Å². The highest BCUT2D eigenvalue weighted by atomic mass is 32.1. The highest BCUT2D eigenvalue weighted by Crippen LogP contribution is 2.38. The topological polar surface area (TPSA) is 28.7 Å². The maximum Gasteiger partial charge on any atom is 0.130 e. The first kappa shape index (κ1) is 12.5. The normalized spacial score (nSPS) is 17.7. The van der Waals surface area contributed by atoms with Crippen LogP contribution in [-0.2, 0) is 11.8 Å². The lowest BCUT2D eigenvalue weighted by Gasteiger charge is -2.30. The van der Waals surface area contributed by atoms with Crippen LogP contribution in [0.5, 0.6) is 0 Å². The van der Waals surface area contributed by atoms with Gasteiger partial charge in [-0.05, 0) is 23.6 Å². The molecule has 98 valence electrons. The molecular formula is C16H18N2S. The van der Waals surface area contributed by atoms with Gasteiger partial charge in [-0.25, -0.2) is 4.98 Å². The maximum atomic E-state index is 5.31. The first-order valence-corrected chi connectivity index (χ1v) is 7.05. The summed E-state index contributed by atoms with van der Waals surface area (Å²) in [6.07, 6.45) is 1.06. The molecular weight excluding hydrogens is 252 g/mol. The molecule has 0 saturated carbocycles. The highest BCUT2D eigenvalue weighted by Gasteiger charge is 2.29. The van der Waals surface area contributed by atoms with E-state index in [1.807, 2.05) is 6.07 Å². The molecule has 0 aliphatic heterocycles. The molecule has 19 heavy (non-hydrogen) atoms. The van der Waals surface area contributed by atoms with E-state index in [0.717, 1.165) is 17.9 Å². The number of nitrogens with zero attached hydrogens (tertiary/aromatic N) is 1. The van der Waals surface area contributed by atoms with Crippen LogP contribution in [0.2, 0.25) is 0 Å². The molecule has 0 fully saturated rings. The second kappa shape index (κ2) is 4.27. The smallest absolute Gasteiger partial charge is 0.130 e. The van der Waals surface area contributed by atoms with Crippen molar-refractivity contribution in [3.8, 4) is 0 Å². The molecule has 2 aromatic rings. The second-order valence-corrected chi connectivity index (χ2v) is 6.64. The van der Waals surface area contributed by atoms with Crippen LogP contribution in [0.4, 0.5) is 0 Å². The summed E-state index contributed by atoms with van der Waals surface area (Å²) in [5.41, 5.74) is 4.03. The Balaban J connectivity index is 2.04. The van der Waals surface area contributed by atoms with E-state index in [1.54, 1.807) is 0 Å². The van der Waals surface area contributed by atoms with Crippen LogP contribution in [0.1, 0.15) is 49.3 Å². The first-order chi connectivity index (χ1) is 8.95. The van der Waals surface area contributed by atoms with E-state index in [1.165, 1.54) is 11.1 Å².